The highest BCUT2D eigenvalue weighted by atomic mass is 19.1. The highest BCUT2D eigenvalue weighted by molar-refractivity contribution is 5.77. The average Bonchev–Trinajstić information content (AvgIpc) is 3.13. The molecule has 0 saturated carbocycles. The Morgan fingerprint density at radius 3 is 3.00 bits per heavy atom. The lowest BCUT2D eigenvalue weighted by atomic mass is 9.95. The van der Waals surface area contributed by atoms with Gasteiger partial charge in [-0.05, 0) is 32.0 Å². The molecule has 9 nitrogen and oxygen atoms in total. The van der Waals surface area contributed by atoms with Gasteiger partial charge in [0.1, 0.15) is 17.5 Å². The van der Waals surface area contributed by atoms with E-state index in [0.29, 0.717) is 42.5 Å². The topological polar surface area (TPSA) is 113 Å². The van der Waals surface area contributed by atoms with Gasteiger partial charge in [-0.1, -0.05) is 6.07 Å². The quantitative estimate of drug-likeness (QED) is 0.596. The largest absolute Gasteiger partial charge is 0.504 e. The summed E-state index contributed by atoms with van der Waals surface area (Å²) in [6.07, 6.45) is 2.60. The predicted molar refractivity (Wildman–Crippen MR) is 115 cm³/mol. The number of fused-ring (bicyclic) bond motifs is 3. The van der Waals surface area contributed by atoms with Crippen LogP contribution in [0.1, 0.15) is 29.5 Å². The van der Waals surface area contributed by atoms with E-state index in [2.05, 4.69) is 37.3 Å². The van der Waals surface area contributed by atoms with Crippen molar-refractivity contribution in [1.29, 1.82) is 0 Å². The number of rotatable bonds is 4. The summed E-state index contributed by atoms with van der Waals surface area (Å²) in [5, 5.41) is 21.9. The van der Waals surface area contributed by atoms with Crippen molar-refractivity contribution in [2.75, 3.05) is 23.3 Å². The van der Waals surface area contributed by atoms with E-state index in [1.54, 1.807) is 19.1 Å². The lowest BCUT2D eigenvalue weighted by Gasteiger charge is -2.41. The number of aryl methyl sites for hydroxylation is 1. The maximum atomic E-state index is 13.9. The van der Waals surface area contributed by atoms with Crippen LogP contribution in [0, 0.1) is 12.7 Å². The summed E-state index contributed by atoms with van der Waals surface area (Å²) in [7, 11) is 0. The molecule has 1 saturated heterocycles. The van der Waals surface area contributed by atoms with Crippen LogP contribution in [0.5, 0.6) is 11.6 Å². The van der Waals surface area contributed by atoms with Gasteiger partial charge in [-0.2, -0.15) is 0 Å². The minimum absolute atomic E-state index is 0.165. The minimum Gasteiger partial charge on any atom is -0.504 e. The van der Waals surface area contributed by atoms with E-state index < -0.39 is 11.6 Å². The number of para-hydroxylation sites is 1. The monoisotopic (exact) mass is 436 g/mol. The van der Waals surface area contributed by atoms with Gasteiger partial charge >= 0.3 is 0 Å². The first-order valence-electron chi connectivity index (χ1n) is 10.2. The number of hydrogen-bond donors (Lipinski definition) is 2. The standard InChI is InChI=1S/C22H21FN6O3/c1-12-21(24-8-13(10-30)26-12)32-14-7-22(2)11-25-20-18(29(22)9-14)6-17(27-28-20)15-4-3-5-16(23)19(15)31/h3-6,8,10,14,31H,7,9,11H2,1-2H3,(H,25,28). The van der Waals surface area contributed by atoms with Gasteiger partial charge < -0.3 is 20.1 Å². The SMILES string of the molecule is Cc1nc(C=O)cnc1OC1CN2c3cc(-c4cccc(F)c4O)nnc3NCC2(C)C1. The van der Waals surface area contributed by atoms with Crippen LogP contribution in [-0.4, -0.2) is 56.3 Å². The number of anilines is 2. The third-order valence-electron chi connectivity index (χ3n) is 5.99. The third-order valence-corrected chi connectivity index (χ3v) is 5.99. The molecule has 2 N–H and O–H groups in total. The Bertz CT molecular complexity index is 1220. The number of ether oxygens (including phenoxy) is 1. The zero-order chi connectivity index (χ0) is 22.5. The summed E-state index contributed by atoms with van der Waals surface area (Å²) < 4.78 is 20.0. The van der Waals surface area contributed by atoms with Crippen molar-refractivity contribution in [2.45, 2.75) is 31.9 Å². The lowest BCUT2D eigenvalue weighted by molar-refractivity contribution is 0.111. The van der Waals surface area contributed by atoms with Gasteiger partial charge in [0.25, 0.3) is 0 Å². The fourth-order valence-corrected chi connectivity index (χ4v) is 4.39. The molecule has 1 aromatic carbocycles. The number of carbonyl (C=O) groups is 1. The van der Waals surface area contributed by atoms with Crippen molar-refractivity contribution in [2.24, 2.45) is 0 Å². The van der Waals surface area contributed by atoms with Crippen LogP contribution in [0.4, 0.5) is 15.9 Å². The molecule has 2 unspecified atom stereocenters. The zero-order valence-corrected chi connectivity index (χ0v) is 17.5. The molecule has 0 amide bonds. The summed E-state index contributed by atoms with van der Waals surface area (Å²) in [6, 6.07) is 6.11. The summed E-state index contributed by atoms with van der Waals surface area (Å²) in [5.74, 6) is -0.148. The number of aldehydes is 1. The lowest BCUT2D eigenvalue weighted by Crippen LogP contribution is -2.50. The molecule has 2 aliphatic rings. The molecule has 2 aromatic heterocycles. The van der Waals surface area contributed by atoms with E-state index in [1.165, 1.54) is 18.3 Å². The molecule has 0 bridgehead atoms. The predicted octanol–water partition coefficient (Wildman–Crippen LogP) is 2.74. The molecule has 0 spiro atoms. The molecule has 1 fully saturated rings. The van der Waals surface area contributed by atoms with Crippen LogP contribution in [-0.2, 0) is 0 Å². The number of nitrogens with zero attached hydrogens (tertiary/aromatic N) is 5. The van der Waals surface area contributed by atoms with Gasteiger partial charge in [0.05, 0.1) is 29.7 Å². The zero-order valence-electron chi connectivity index (χ0n) is 17.5. The molecule has 3 aromatic rings. The first-order chi connectivity index (χ1) is 15.4. The van der Waals surface area contributed by atoms with Crippen LogP contribution in [0.2, 0.25) is 0 Å². The minimum atomic E-state index is -0.711. The third kappa shape index (κ3) is 3.28. The Kier molecular flexibility index (Phi) is 4.65. The number of aromatic nitrogens is 4. The van der Waals surface area contributed by atoms with Crippen LogP contribution in [0.25, 0.3) is 11.3 Å². The molecule has 164 valence electrons. The van der Waals surface area contributed by atoms with Crippen molar-refractivity contribution in [3.05, 3.63) is 47.7 Å². The fraction of sp³-hybridized carbons (Fsp3) is 0.318. The molecule has 2 atom stereocenters. The Morgan fingerprint density at radius 1 is 1.38 bits per heavy atom. The first kappa shape index (κ1) is 20.1. The van der Waals surface area contributed by atoms with E-state index in [1.807, 2.05) is 0 Å². The second-order valence-corrected chi connectivity index (χ2v) is 8.31. The molecule has 0 aliphatic carbocycles. The van der Waals surface area contributed by atoms with Crippen molar-refractivity contribution in [3.63, 3.8) is 0 Å². The van der Waals surface area contributed by atoms with E-state index in [4.69, 9.17) is 4.74 Å². The van der Waals surface area contributed by atoms with Gasteiger partial charge in [0.15, 0.2) is 23.7 Å². The number of aromatic hydroxyl groups is 1. The molecule has 4 heterocycles. The fourth-order valence-electron chi connectivity index (χ4n) is 4.39. The number of halogens is 1. The molecule has 32 heavy (non-hydrogen) atoms. The summed E-state index contributed by atoms with van der Waals surface area (Å²) in [6.45, 7) is 5.10. The van der Waals surface area contributed by atoms with Crippen molar-refractivity contribution >= 4 is 17.8 Å². The molecule has 5 rings (SSSR count). The molecular weight excluding hydrogens is 415 g/mol. The van der Waals surface area contributed by atoms with Crippen LogP contribution in [0.15, 0.2) is 30.5 Å². The van der Waals surface area contributed by atoms with Crippen LogP contribution >= 0.6 is 0 Å². The summed E-state index contributed by atoms with van der Waals surface area (Å²) in [4.78, 5) is 21.5. The molecular formula is C22H21FN6O3. The summed E-state index contributed by atoms with van der Waals surface area (Å²) in [5.41, 5.74) is 2.01. The number of carbonyl (C=O) groups excluding carboxylic acids is 1. The Balaban J connectivity index is 1.45. The molecule has 0 radical (unpaired) electrons. The van der Waals surface area contributed by atoms with Crippen LogP contribution in [0.3, 0.4) is 0 Å². The number of phenols is 1. The number of hydrogen-bond acceptors (Lipinski definition) is 9. The van der Waals surface area contributed by atoms with Crippen molar-refractivity contribution < 1.29 is 19.0 Å². The Morgan fingerprint density at radius 2 is 2.22 bits per heavy atom. The number of phenolic OH excluding ortho intramolecular Hbond substituents is 1. The highest BCUT2D eigenvalue weighted by Crippen LogP contribution is 2.43. The second kappa shape index (κ2) is 7.40. The first-order valence-corrected chi connectivity index (χ1v) is 10.2. The van der Waals surface area contributed by atoms with Gasteiger partial charge in [0, 0.05) is 18.5 Å². The second-order valence-electron chi connectivity index (χ2n) is 8.31. The maximum Gasteiger partial charge on any atom is 0.235 e. The van der Waals surface area contributed by atoms with E-state index in [-0.39, 0.29) is 22.9 Å². The number of nitrogens with one attached hydrogen (secondary N) is 1. The van der Waals surface area contributed by atoms with Crippen molar-refractivity contribution in [1.82, 2.24) is 20.2 Å². The van der Waals surface area contributed by atoms with Gasteiger partial charge in [-0.25, -0.2) is 14.4 Å². The average molecular weight is 436 g/mol. The van der Waals surface area contributed by atoms with Crippen molar-refractivity contribution in [3.8, 4) is 22.9 Å². The molecule has 2 aliphatic heterocycles. The smallest absolute Gasteiger partial charge is 0.235 e. The van der Waals surface area contributed by atoms with Gasteiger partial charge in [-0.3, -0.25) is 4.79 Å². The van der Waals surface area contributed by atoms with E-state index in [0.717, 1.165) is 12.1 Å². The van der Waals surface area contributed by atoms with E-state index in [9.17, 15) is 14.3 Å². The van der Waals surface area contributed by atoms with Gasteiger partial charge in [0.2, 0.25) is 5.88 Å². The van der Waals surface area contributed by atoms with E-state index >= 15 is 0 Å². The highest BCUT2D eigenvalue weighted by Gasteiger charge is 2.47. The Labute approximate surface area is 183 Å². The summed E-state index contributed by atoms with van der Waals surface area (Å²) >= 11 is 0. The van der Waals surface area contributed by atoms with Crippen LogP contribution < -0.4 is 15.0 Å². The molecule has 10 heteroatoms. The van der Waals surface area contributed by atoms with Gasteiger partial charge in [-0.15, -0.1) is 10.2 Å². The normalized spacial score (nSPS) is 21.5. The number of benzene rings is 1. The maximum absolute atomic E-state index is 13.9. The Hall–Kier alpha value is -3.82.